The third-order valence-electron chi connectivity index (χ3n) is 4.15. The molecule has 4 rings (SSSR count). The second-order valence-electron chi connectivity index (χ2n) is 6.24. The Morgan fingerprint density at radius 2 is 1.90 bits per heavy atom. The first-order valence-electron chi connectivity index (χ1n) is 8.75. The lowest BCUT2D eigenvalue weighted by Crippen LogP contribution is -2.20. The Bertz CT molecular complexity index is 1310. The number of halogens is 1. The number of sulfone groups is 1. The minimum absolute atomic E-state index is 0.0218. The maximum Gasteiger partial charge on any atom is 0.270 e. The molecule has 160 valence electrons. The van der Waals surface area contributed by atoms with Gasteiger partial charge in [0.2, 0.25) is 22.5 Å². The molecule has 0 fully saturated rings. The Morgan fingerprint density at radius 1 is 1.16 bits per heavy atom. The average Bonchev–Trinajstić information content (AvgIpc) is 3.20. The van der Waals surface area contributed by atoms with E-state index in [1.807, 2.05) is 0 Å². The minimum atomic E-state index is -4.02. The van der Waals surface area contributed by atoms with Crippen LogP contribution >= 0.6 is 27.7 Å². The van der Waals surface area contributed by atoms with Crippen molar-refractivity contribution in [2.75, 3.05) is 17.9 Å². The molecule has 2 N–H and O–H groups in total. The Hall–Kier alpha value is -2.83. The van der Waals surface area contributed by atoms with Crippen LogP contribution in [0.2, 0.25) is 0 Å². The normalized spacial score (nSPS) is 12.5. The maximum absolute atomic E-state index is 12.7. The average molecular weight is 524 g/mol. The number of rotatable bonds is 6. The van der Waals surface area contributed by atoms with Crippen LogP contribution in [0.1, 0.15) is 0 Å². The molecule has 0 radical (unpaired) electrons. The summed E-state index contributed by atoms with van der Waals surface area (Å²) in [5, 5.41) is 2.83. The predicted octanol–water partition coefficient (Wildman–Crippen LogP) is 2.82. The molecule has 0 aliphatic carbocycles. The number of aromatic nitrogens is 2. The number of thioether (sulfide) groups is 1. The van der Waals surface area contributed by atoms with Gasteiger partial charge in [0, 0.05) is 16.2 Å². The molecule has 0 saturated heterocycles. The van der Waals surface area contributed by atoms with Gasteiger partial charge in [-0.1, -0.05) is 27.7 Å². The standard InChI is InChI=1S/C19H14BrN3O6S2/c20-11-1-4-13(5-2-11)31(26,27)16-8-21-19(23-18(16)25)30-9-17(24)22-12-3-6-14-15(7-12)29-10-28-14/h1-8H,9-10H2,(H,22,24)(H,21,23,25). The summed E-state index contributed by atoms with van der Waals surface area (Å²) < 4.78 is 36.5. The molecule has 0 bridgehead atoms. The molecule has 1 aromatic heterocycles. The summed E-state index contributed by atoms with van der Waals surface area (Å²) in [7, 11) is -4.02. The highest BCUT2D eigenvalue weighted by Crippen LogP contribution is 2.34. The van der Waals surface area contributed by atoms with Crippen molar-refractivity contribution in [3.8, 4) is 11.5 Å². The number of amides is 1. The molecule has 1 aliphatic rings. The van der Waals surface area contributed by atoms with Crippen LogP contribution in [0.3, 0.4) is 0 Å². The Labute approximate surface area is 189 Å². The van der Waals surface area contributed by atoms with E-state index < -0.39 is 20.3 Å². The van der Waals surface area contributed by atoms with Gasteiger partial charge >= 0.3 is 0 Å². The van der Waals surface area contributed by atoms with E-state index in [4.69, 9.17) is 9.47 Å². The van der Waals surface area contributed by atoms with Crippen LogP contribution in [0.4, 0.5) is 5.69 Å². The second kappa shape index (κ2) is 8.73. The van der Waals surface area contributed by atoms with Crippen LogP contribution in [0, 0.1) is 0 Å². The highest BCUT2D eigenvalue weighted by molar-refractivity contribution is 9.10. The summed E-state index contributed by atoms with van der Waals surface area (Å²) in [4.78, 5) is 30.4. The van der Waals surface area contributed by atoms with Crippen molar-refractivity contribution in [2.24, 2.45) is 0 Å². The zero-order valence-electron chi connectivity index (χ0n) is 15.6. The molecule has 0 atom stereocenters. The summed E-state index contributed by atoms with van der Waals surface area (Å²) in [6.45, 7) is 0.134. The fraction of sp³-hybridized carbons (Fsp3) is 0.105. The number of H-pyrrole nitrogens is 1. The predicted molar refractivity (Wildman–Crippen MR) is 116 cm³/mol. The molecular weight excluding hydrogens is 510 g/mol. The van der Waals surface area contributed by atoms with Crippen LogP contribution in [0.5, 0.6) is 11.5 Å². The summed E-state index contributed by atoms with van der Waals surface area (Å²) in [5.74, 6) is 0.764. The van der Waals surface area contributed by atoms with Crippen LogP contribution in [-0.2, 0) is 14.6 Å². The highest BCUT2D eigenvalue weighted by Gasteiger charge is 2.22. The molecule has 31 heavy (non-hydrogen) atoms. The lowest BCUT2D eigenvalue weighted by Gasteiger charge is -2.07. The number of hydrogen-bond acceptors (Lipinski definition) is 8. The largest absolute Gasteiger partial charge is 0.454 e. The van der Waals surface area contributed by atoms with Gasteiger partial charge in [0.1, 0.15) is 0 Å². The molecule has 2 aromatic carbocycles. The molecule has 0 spiro atoms. The van der Waals surface area contributed by atoms with Crippen molar-refractivity contribution in [1.82, 2.24) is 9.97 Å². The lowest BCUT2D eigenvalue weighted by atomic mass is 10.3. The fourth-order valence-electron chi connectivity index (χ4n) is 2.68. The molecular formula is C19H14BrN3O6S2. The number of benzene rings is 2. The minimum Gasteiger partial charge on any atom is -0.454 e. The molecule has 3 aromatic rings. The van der Waals surface area contributed by atoms with E-state index in [1.54, 1.807) is 30.3 Å². The Morgan fingerprint density at radius 3 is 2.65 bits per heavy atom. The number of aromatic amines is 1. The zero-order valence-corrected chi connectivity index (χ0v) is 18.8. The monoisotopic (exact) mass is 523 g/mol. The quantitative estimate of drug-likeness (QED) is 0.372. The molecule has 2 heterocycles. The van der Waals surface area contributed by atoms with E-state index in [9.17, 15) is 18.0 Å². The number of carbonyl (C=O) groups excluding carboxylic acids is 1. The number of hydrogen-bond donors (Lipinski definition) is 2. The number of ether oxygens (including phenoxy) is 2. The zero-order chi connectivity index (χ0) is 22.0. The van der Waals surface area contributed by atoms with Gasteiger partial charge in [-0.25, -0.2) is 13.4 Å². The van der Waals surface area contributed by atoms with E-state index in [0.717, 1.165) is 18.0 Å². The topological polar surface area (TPSA) is 127 Å². The van der Waals surface area contributed by atoms with Gasteiger partial charge in [0.05, 0.1) is 16.8 Å². The second-order valence-corrected chi connectivity index (χ2v) is 10.0. The summed E-state index contributed by atoms with van der Waals surface area (Å²) in [6.07, 6.45) is 0.994. The van der Waals surface area contributed by atoms with Crippen LogP contribution < -0.4 is 20.3 Å². The van der Waals surface area contributed by atoms with Crippen molar-refractivity contribution >= 4 is 49.1 Å². The van der Waals surface area contributed by atoms with E-state index >= 15 is 0 Å². The summed E-state index contributed by atoms with van der Waals surface area (Å²) in [6, 6.07) is 10.9. The third-order valence-corrected chi connectivity index (χ3v) is 7.33. The number of nitrogens with one attached hydrogen (secondary N) is 2. The number of fused-ring (bicyclic) bond motifs is 1. The van der Waals surface area contributed by atoms with Gasteiger partial charge in [-0.3, -0.25) is 9.59 Å². The first kappa shape index (κ1) is 21.4. The summed E-state index contributed by atoms with van der Waals surface area (Å²) >= 11 is 4.20. The van der Waals surface area contributed by atoms with E-state index in [0.29, 0.717) is 21.7 Å². The molecule has 1 aliphatic heterocycles. The molecule has 9 nitrogen and oxygen atoms in total. The van der Waals surface area contributed by atoms with Crippen molar-refractivity contribution in [1.29, 1.82) is 0 Å². The van der Waals surface area contributed by atoms with Gasteiger partial charge in [-0.15, -0.1) is 0 Å². The lowest BCUT2D eigenvalue weighted by molar-refractivity contribution is -0.113. The van der Waals surface area contributed by atoms with E-state index in [1.165, 1.54) is 12.1 Å². The van der Waals surface area contributed by atoms with Gasteiger partial charge < -0.3 is 19.8 Å². The van der Waals surface area contributed by atoms with Crippen molar-refractivity contribution in [2.45, 2.75) is 14.9 Å². The number of anilines is 1. The van der Waals surface area contributed by atoms with E-state index in [-0.39, 0.29) is 28.5 Å². The van der Waals surface area contributed by atoms with Gasteiger partial charge in [-0.05, 0) is 36.4 Å². The Balaban J connectivity index is 1.42. The fourth-order valence-corrected chi connectivity index (χ4v) is 4.81. The van der Waals surface area contributed by atoms with Crippen molar-refractivity contribution in [3.63, 3.8) is 0 Å². The van der Waals surface area contributed by atoms with E-state index in [2.05, 4.69) is 31.2 Å². The SMILES string of the molecule is O=C(CSc1ncc(S(=O)(=O)c2ccc(Br)cc2)c(=O)[nH]1)Nc1ccc2c(c1)OCO2. The van der Waals surface area contributed by atoms with Crippen molar-refractivity contribution in [3.05, 3.63) is 63.5 Å². The Kier molecular flexibility index (Phi) is 6.03. The van der Waals surface area contributed by atoms with Gasteiger partial charge in [-0.2, -0.15) is 0 Å². The maximum atomic E-state index is 12.7. The molecule has 1 amide bonds. The summed E-state index contributed by atoms with van der Waals surface area (Å²) in [5.41, 5.74) is -0.274. The molecule has 0 unspecified atom stereocenters. The van der Waals surface area contributed by atoms with Crippen LogP contribution in [0.25, 0.3) is 0 Å². The van der Waals surface area contributed by atoms with Gasteiger partial charge in [0.15, 0.2) is 21.6 Å². The molecule has 12 heteroatoms. The first-order valence-corrected chi connectivity index (χ1v) is 12.0. The van der Waals surface area contributed by atoms with Crippen LogP contribution in [-0.4, -0.2) is 36.8 Å². The molecule has 0 saturated carbocycles. The first-order chi connectivity index (χ1) is 14.8. The smallest absolute Gasteiger partial charge is 0.270 e. The van der Waals surface area contributed by atoms with Crippen LogP contribution in [0.15, 0.2) is 72.9 Å². The van der Waals surface area contributed by atoms with Crippen molar-refractivity contribution < 1.29 is 22.7 Å². The van der Waals surface area contributed by atoms with Gasteiger partial charge in [0.25, 0.3) is 5.56 Å². The third kappa shape index (κ3) is 4.75. The highest BCUT2D eigenvalue weighted by atomic mass is 79.9. The number of carbonyl (C=O) groups is 1. The number of nitrogens with zero attached hydrogens (tertiary/aromatic N) is 1.